The summed E-state index contributed by atoms with van der Waals surface area (Å²) in [4.78, 5) is 13.5. The molecule has 1 saturated heterocycles. The van der Waals surface area contributed by atoms with E-state index in [1.807, 2.05) is 18.7 Å². The lowest BCUT2D eigenvalue weighted by Gasteiger charge is -2.19. The third kappa shape index (κ3) is 2.76. The number of carbonyl (C=O) groups is 1. The lowest BCUT2D eigenvalue weighted by atomic mass is 10.1. The van der Waals surface area contributed by atoms with Crippen molar-refractivity contribution in [1.29, 1.82) is 0 Å². The predicted molar refractivity (Wildman–Crippen MR) is 67.5 cm³/mol. The highest BCUT2D eigenvalue weighted by Gasteiger charge is 2.32. The standard InChI is InChI=1S/C12H18N4O2/c1-3-13-11(17)9-4-5-10(15-14-9)16-7-6-12(2,18)8-16/h4-5,18H,3,6-8H2,1-2H3,(H,13,17). The van der Waals surface area contributed by atoms with Crippen LogP contribution in [0.1, 0.15) is 30.8 Å². The summed E-state index contributed by atoms with van der Waals surface area (Å²) in [5.41, 5.74) is -0.355. The average Bonchev–Trinajstić information content (AvgIpc) is 2.70. The van der Waals surface area contributed by atoms with Crippen LogP contribution in [-0.4, -0.2) is 46.4 Å². The Labute approximate surface area is 106 Å². The molecule has 1 aromatic heterocycles. The molecule has 0 radical (unpaired) electrons. The second-order valence-electron chi connectivity index (χ2n) is 4.80. The summed E-state index contributed by atoms with van der Waals surface area (Å²) in [7, 11) is 0. The van der Waals surface area contributed by atoms with Crippen molar-refractivity contribution in [3.63, 3.8) is 0 Å². The summed E-state index contributed by atoms with van der Waals surface area (Å²) in [6.07, 6.45) is 0.715. The summed E-state index contributed by atoms with van der Waals surface area (Å²) < 4.78 is 0. The Hall–Kier alpha value is -1.69. The van der Waals surface area contributed by atoms with Gasteiger partial charge in [0.25, 0.3) is 5.91 Å². The summed E-state index contributed by atoms with van der Waals surface area (Å²) >= 11 is 0. The molecule has 0 spiro atoms. The van der Waals surface area contributed by atoms with Crippen LogP contribution in [0.3, 0.4) is 0 Å². The Kier molecular flexibility index (Phi) is 3.47. The van der Waals surface area contributed by atoms with Crippen molar-refractivity contribution in [2.24, 2.45) is 0 Å². The first-order chi connectivity index (χ1) is 8.52. The molecule has 6 nitrogen and oxygen atoms in total. The van der Waals surface area contributed by atoms with Gasteiger partial charge >= 0.3 is 0 Å². The smallest absolute Gasteiger partial charge is 0.271 e. The molecule has 2 rings (SSSR count). The summed E-state index contributed by atoms with van der Waals surface area (Å²) in [5, 5.41) is 20.5. The van der Waals surface area contributed by atoms with Gasteiger partial charge in [0.1, 0.15) is 0 Å². The monoisotopic (exact) mass is 250 g/mol. The fraction of sp³-hybridized carbons (Fsp3) is 0.583. The van der Waals surface area contributed by atoms with Crippen LogP contribution in [-0.2, 0) is 0 Å². The van der Waals surface area contributed by atoms with Gasteiger partial charge in [0.2, 0.25) is 0 Å². The van der Waals surface area contributed by atoms with Gasteiger partial charge < -0.3 is 15.3 Å². The normalized spacial score (nSPS) is 23.2. The number of aromatic nitrogens is 2. The molecule has 2 heterocycles. The van der Waals surface area contributed by atoms with Gasteiger partial charge in [-0.1, -0.05) is 0 Å². The SMILES string of the molecule is CCNC(=O)c1ccc(N2CCC(C)(O)C2)nn1. The zero-order chi connectivity index (χ0) is 13.2. The lowest BCUT2D eigenvalue weighted by Crippen LogP contribution is -2.30. The molecule has 1 aliphatic rings. The van der Waals surface area contributed by atoms with Crippen LogP contribution >= 0.6 is 0 Å². The number of carbonyl (C=O) groups excluding carboxylic acids is 1. The molecule has 18 heavy (non-hydrogen) atoms. The van der Waals surface area contributed by atoms with Crippen molar-refractivity contribution in [2.75, 3.05) is 24.5 Å². The number of hydrogen-bond donors (Lipinski definition) is 2. The molecule has 1 aromatic rings. The Balaban J connectivity index is 2.06. The van der Waals surface area contributed by atoms with Crippen molar-refractivity contribution in [1.82, 2.24) is 15.5 Å². The van der Waals surface area contributed by atoms with Gasteiger partial charge in [0, 0.05) is 19.6 Å². The second-order valence-corrected chi connectivity index (χ2v) is 4.80. The number of β-amino-alcohol motifs (C(OH)–C–C–N with tert-alkyl or cyclic N) is 1. The predicted octanol–water partition coefficient (Wildman–Crippen LogP) is 0.187. The first-order valence-electron chi connectivity index (χ1n) is 6.11. The average molecular weight is 250 g/mol. The quantitative estimate of drug-likeness (QED) is 0.800. The van der Waals surface area contributed by atoms with E-state index in [-0.39, 0.29) is 5.91 Å². The van der Waals surface area contributed by atoms with Crippen molar-refractivity contribution < 1.29 is 9.90 Å². The third-order valence-corrected chi connectivity index (χ3v) is 3.00. The minimum absolute atomic E-state index is 0.218. The number of nitrogens with zero attached hydrogens (tertiary/aromatic N) is 3. The number of aliphatic hydroxyl groups is 1. The highest BCUT2D eigenvalue weighted by Crippen LogP contribution is 2.24. The molecule has 1 aliphatic heterocycles. The minimum atomic E-state index is -0.667. The maximum absolute atomic E-state index is 11.5. The minimum Gasteiger partial charge on any atom is -0.388 e. The maximum Gasteiger partial charge on any atom is 0.271 e. The molecule has 0 saturated carbocycles. The number of nitrogens with one attached hydrogen (secondary N) is 1. The molecule has 0 aliphatic carbocycles. The van der Waals surface area contributed by atoms with Crippen LogP contribution in [0.2, 0.25) is 0 Å². The number of amides is 1. The fourth-order valence-corrected chi connectivity index (χ4v) is 2.01. The molecule has 1 unspecified atom stereocenters. The largest absolute Gasteiger partial charge is 0.388 e. The molecule has 0 aromatic carbocycles. The molecule has 1 atom stereocenters. The Bertz CT molecular complexity index is 430. The van der Waals surface area contributed by atoms with Gasteiger partial charge in [-0.3, -0.25) is 4.79 Å². The first-order valence-corrected chi connectivity index (χ1v) is 6.11. The first kappa shape index (κ1) is 12.8. The van der Waals surface area contributed by atoms with E-state index < -0.39 is 5.60 Å². The highest BCUT2D eigenvalue weighted by molar-refractivity contribution is 5.92. The number of hydrogen-bond acceptors (Lipinski definition) is 5. The van der Waals surface area contributed by atoms with Crippen LogP contribution in [0, 0.1) is 0 Å². The molecule has 98 valence electrons. The topological polar surface area (TPSA) is 78.4 Å². The van der Waals surface area contributed by atoms with Crippen molar-refractivity contribution >= 4 is 11.7 Å². The van der Waals surface area contributed by atoms with Crippen LogP contribution in [0.4, 0.5) is 5.82 Å². The van der Waals surface area contributed by atoms with E-state index in [9.17, 15) is 9.90 Å². The van der Waals surface area contributed by atoms with Crippen molar-refractivity contribution in [3.8, 4) is 0 Å². The van der Waals surface area contributed by atoms with E-state index >= 15 is 0 Å². The molecule has 1 fully saturated rings. The van der Waals surface area contributed by atoms with E-state index in [0.29, 0.717) is 31.0 Å². The van der Waals surface area contributed by atoms with Gasteiger partial charge in [0.15, 0.2) is 11.5 Å². The lowest BCUT2D eigenvalue weighted by molar-refractivity contribution is 0.0838. The Morgan fingerprint density at radius 3 is 2.83 bits per heavy atom. The number of anilines is 1. The van der Waals surface area contributed by atoms with Gasteiger partial charge in [-0.05, 0) is 32.4 Å². The van der Waals surface area contributed by atoms with Crippen LogP contribution in [0.5, 0.6) is 0 Å². The maximum atomic E-state index is 11.5. The highest BCUT2D eigenvalue weighted by atomic mass is 16.3. The van der Waals surface area contributed by atoms with E-state index in [1.165, 1.54) is 0 Å². The zero-order valence-corrected chi connectivity index (χ0v) is 10.7. The summed E-state index contributed by atoms with van der Waals surface area (Å²) in [6, 6.07) is 3.42. The molecule has 2 N–H and O–H groups in total. The molecule has 1 amide bonds. The van der Waals surface area contributed by atoms with Crippen molar-refractivity contribution in [2.45, 2.75) is 25.9 Å². The summed E-state index contributed by atoms with van der Waals surface area (Å²) in [5.74, 6) is 0.478. The molecular formula is C12H18N4O2. The van der Waals surface area contributed by atoms with Gasteiger partial charge in [0.05, 0.1) is 5.60 Å². The van der Waals surface area contributed by atoms with Crippen LogP contribution in [0.25, 0.3) is 0 Å². The molecule has 6 heteroatoms. The van der Waals surface area contributed by atoms with Crippen molar-refractivity contribution in [3.05, 3.63) is 17.8 Å². The van der Waals surface area contributed by atoms with E-state index in [1.54, 1.807) is 12.1 Å². The molecular weight excluding hydrogens is 232 g/mol. The Morgan fingerprint density at radius 1 is 1.56 bits per heavy atom. The van der Waals surface area contributed by atoms with Gasteiger partial charge in [-0.25, -0.2) is 0 Å². The van der Waals surface area contributed by atoms with E-state index in [0.717, 1.165) is 6.54 Å². The van der Waals surface area contributed by atoms with E-state index in [2.05, 4.69) is 15.5 Å². The Morgan fingerprint density at radius 2 is 2.33 bits per heavy atom. The van der Waals surface area contributed by atoms with E-state index in [4.69, 9.17) is 0 Å². The zero-order valence-electron chi connectivity index (χ0n) is 10.7. The second kappa shape index (κ2) is 4.89. The summed E-state index contributed by atoms with van der Waals surface area (Å²) in [6.45, 7) is 5.52. The number of rotatable bonds is 3. The van der Waals surface area contributed by atoms with Gasteiger partial charge in [-0.2, -0.15) is 0 Å². The van der Waals surface area contributed by atoms with Crippen LogP contribution in [0.15, 0.2) is 12.1 Å². The van der Waals surface area contributed by atoms with Crippen LogP contribution < -0.4 is 10.2 Å². The van der Waals surface area contributed by atoms with Gasteiger partial charge in [-0.15, -0.1) is 10.2 Å². The fourth-order valence-electron chi connectivity index (χ4n) is 2.01. The third-order valence-electron chi connectivity index (χ3n) is 3.00. The molecule has 0 bridgehead atoms.